The molecule has 0 saturated heterocycles. The van der Waals surface area contributed by atoms with Crippen molar-refractivity contribution >= 4 is 21.6 Å². The molecule has 0 aliphatic heterocycles. The lowest BCUT2D eigenvalue weighted by Gasteiger charge is -2.25. The topological polar surface area (TPSA) is 26.7 Å². The molecule has 108 valence electrons. The van der Waals surface area contributed by atoms with E-state index in [1.54, 1.807) is 6.92 Å². The van der Waals surface area contributed by atoms with Crippen molar-refractivity contribution in [2.75, 3.05) is 38.6 Å². The number of hydrogen-bond donors (Lipinski definition) is 1. The summed E-state index contributed by atoms with van der Waals surface area (Å²) in [5.41, 5.74) is 2.14. The Morgan fingerprint density at radius 3 is 2.42 bits per heavy atom. The Morgan fingerprint density at radius 1 is 1.26 bits per heavy atom. The number of aliphatic hydroxyl groups excluding tert-OH is 1. The highest BCUT2D eigenvalue weighted by Crippen LogP contribution is 2.28. The van der Waals surface area contributed by atoms with Gasteiger partial charge in [-0.3, -0.25) is 0 Å². The summed E-state index contributed by atoms with van der Waals surface area (Å²) in [4.78, 5) is 4.57. The number of rotatable bonds is 7. The summed E-state index contributed by atoms with van der Waals surface area (Å²) in [5, 5.41) is 9.64. The molecule has 0 fully saturated rings. The number of aliphatic hydroxyl groups is 1. The number of nitrogens with zero attached hydrogens (tertiary/aromatic N) is 2. The average Bonchev–Trinajstić information content (AvgIpc) is 2.33. The summed E-state index contributed by atoms with van der Waals surface area (Å²) < 4.78 is 0.978. The second kappa shape index (κ2) is 7.88. The van der Waals surface area contributed by atoms with Crippen molar-refractivity contribution in [1.82, 2.24) is 4.90 Å². The minimum absolute atomic E-state index is 0.438. The lowest BCUT2D eigenvalue weighted by atomic mass is 10.1. The van der Waals surface area contributed by atoms with Crippen LogP contribution in [0, 0.1) is 0 Å². The molecule has 3 nitrogen and oxygen atoms in total. The second-order valence-corrected chi connectivity index (χ2v) is 5.97. The van der Waals surface area contributed by atoms with Crippen molar-refractivity contribution in [3.05, 3.63) is 28.2 Å². The van der Waals surface area contributed by atoms with Crippen LogP contribution >= 0.6 is 15.9 Å². The monoisotopic (exact) mass is 328 g/mol. The molecule has 0 heterocycles. The molecule has 1 unspecified atom stereocenters. The zero-order valence-electron chi connectivity index (χ0n) is 12.4. The zero-order valence-corrected chi connectivity index (χ0v) is 13.9. The fourth-order valence-corrected chi connectivity index (χ4v) is 2.80. The van der Waals surface area contributed by atoms with Gasteiger partial charge in [-0.25, -0.2) is 0 Å². The third-order valence-corrected chi connectivity index (χ3v) is 3.90. The summed E-state index contributed by atoms with van der Waals surface area (Å²) in [6.45, 7) is 7.10. The van der Waals surface area contributed by atoms with Crippen molar-refractivity contribution in [2.45, 2.75) is 26.4 Å². The molecular formula is C15H25BrN2O. The van der Waals surface area contributed by atoms with Gasteiger partial charge in [-0.05, 0) is 58.6 Å². The first-order valence-electron chi connectivity index (χ1n) is 6.83. The predicted octanol–water partition coefficient (Wildman–Crippen LogP) is 3.28. The SMILES string of the molecule is CCN(CCCN(C)C)c1ccc(C(C)O)c(Br)c1. The van der Waals surface area contributed by atoms with Gasteiger partial charge in [-0.2, -0.15) is 0 Å². The lowest BCUT2D eigenvalue weighted by molar-refractivity contribution is 0.198. The Morgan fingerprint density at radius 2 is 1.95 bits per heavy atom. The molecule has 4 heteroatoms. The molecule has 0 aliphatic rings. The maximum Gasteiger partial charge on any atom is 0.0772 e. The van der Waals surface area contributed by atoms with E-state index in [-0.39, 0.29) is 0 Å². The normalized spacial score (nSPS) is 12.8. The van der Waals surface area contributed by atoms with E-state index in [0.717, 1.165) is 36.1 Å². The predicted molar refractivity (Wildman–Crippen MR) is 85.8 cm³/mol. The van der Waals surface area contributed by atoms with Gasteiger partial charge in [-0.1, -0.05) is 22.0 Å². The standard InChI is InChI=1S/C15H25BrN2O/c1-5-18(10-6-9-17(3)4)13-7-8-14(12(2)19)15(16)11-13/h7-8,11-12,19H,5-6,9-10H2,1-4H3. The Kier molecular flexibility index (Phi) is 6.83. The maximum absolute atomic E-state index is 9.64. The zero-order chi connectivity index (χ0) is 14.4. The van der Waals surface area contributed by atoms with E-state index in [9.17, 15) is 5.11 Å². The molecule has 0 bridgehead atoms. The molecular weight excluding hydrogens is 304 g/mol. The van der Waals surface area contributed by atoms with Crippen LogP contribution in [0.5, 0.6) is 0 Å². The van der Waals surface area contributed by atoms with Gasteiger partial charge in [0, 0.05) is 23.2 Å². The van der Waals surface area contributed by atoms with Crippen LogP contribution < -0.4 is 4.90 Å². The van der Waals surface area contributed by atoms with Gasteiger partial charge >= 0.3 is 0 Å². The quantitative estimate of drug-likeness (QED) is 0.832. The molecule has 1 rings (SSSR count). The highest BCUT2D eigenvalue weighted by Gasteiger charge is 2.10. The Labute approximate surface area is 125 Å². The third-order valence-electron chi connectivity index (χ3n) is 3.21. The van der Waals surface area contributed by atoms with E-state index < -0.39 is 6.10 Å². The Hall–Kier alpha value is -0.580. The van der Waals surface area contributed by atoms with Crippen LogP contribution in [0.2, 0.25) is 0 Å². The fourth-order valence-electron chi connectivity index (χ4n) is 2.10. The van der Waals surface area contributed by atoms with E-state index in [1.807, 2.05) is 6.07 Å². The Bertz CT molecular complexity index is 394. The van der Waals surface area contributed by atoms with E-state index in [1.165, 1.54) is 5.69 Å². The van der Waals surface area contributed by atoms with Crippen LogP contribution in [0.25, 0.3) is 0 Å². The largest absolute Gasteiger partial charge is 0.389 e. The van der Waals surface area contributed by atoms with Crippen molar-refractivity contribution in [3.63, 3.8) is 0 Å². The van der Waals surface area contributed by atoms with Crippen molar-refractivity contribution in [1.29, 1.82) is 0 Å². The van der Waals surface area contributed by atoms with Crippen molar-refractivity contribution in [3.8, 4) is 0 Å². The average molecular weight is 329 g/mol. The minimum atomic E-state index is -0.438. The fraction of sp³-hybridized carbons (Fsp3) is 0.600. The number of hydrogen-bond acceptors (Lipinski definition) is 3. The number of halogens is 1. The van der Waals surface area contributed by atoms with Gasteiger partial charge < -0.3 is 14.9 Å². The molecule has 0 radical (unpaired) electrons. The van der Waals surface area contributed by atoms with Crippen LogP contribution in [-0.4, -0.2) is 43.7 Å². The van der Waals surface area contributed by atoms with Crippen LogP contribution in [0.15, 0.2) is 22.7 Å². The van der Waals surface area contributed by atoms with Crippen molar-refractivity contribution in [2.24, 2.45) is 0 Å². The van der Waals surface area contributed by atoms with Gasteiger partial charge in [0.15, 0.2) is 0 Å². The third kappa shape index (κ3) is 5.13. The molecule has 1 aromatic carbocycles. The summed E-state index contributed by atoms with van der Waals surface area (Å²) in [6.07, 6.45) is 0.712. The van der Waals surface area contributed by atoms with Gasteiger partial charge in [0.05, 0.1) is 6.10 Å². The number of benzene rings is 1. The molecule has 0 amide bonds. The molecule has 19 heavy (non-hydrogen) atoms. The summed E-state index contributed by atoms with van der Waals surface area (Å²) in [5.74, 6) is 0. The molecule has 0 aliphatic carbocycles. The van der Waals surface area contributed by atoms with E-state index in [2.05, 4.69) is 58.9 Å². The van der Waals surface area contributed by atoms with Crippen LogP contribution in [-0.2, 0) is 0 Å². The summed E-state index contributed by atoms with van der Waals surface area (Å²) in [6, 6.07) is 6.19. The summed E-state index contributed by atoms with van der Waals surface area (Å²) >= 11 is 3.54. The first-order valence-corrected chi connectivity index (χ1v) is 7.62. The molecule has 0 aromatic heterocycles. The van der Waals surface area contributed by atoms with Gasteiger partial charge in [0.2, 0.25) is 0 Å². The first-order chi connectivity index (χ1) is 8.95. The lowest BCUT2D eigenvalue weighted by Crippen LogP contribution is -2.27. The van der Waals surface area contributed by atoms with Crippen molar-refractivity contribution < 1.29 is 5.11 Å². The highest BCUT2D eigenvalue weighted by molar-refractivity contribution is 9.10. The molecule has 1 aromatic rings. The molecule has 0 saturated carbocycles. The van der Waals surface area contributed by atoms with E-state index >= 15 is 0 Å². The molecule has 1 atom stereocenters. The molecule has 0 spiro atoms. The van der Waals surface area contributed by atoms with Gasteiger partial charge in [0.25, 0.3) is 0 Å². The van der Waals surface area contributed by atoms with E-state index in [4.69, 9.17) is 0 Å². The van der Waals surface area contributed by atoms with Gasteiger partial charge in [-0.15, -0.1) is 0 Å². The molecule has 1 N–H and O–H groups in total. The summed E-state index contributed by atoms with van der Waals surface area (Å²) in [7, 11) is 4.20. The van der Waals surface area contributed by atoms with Gasteiger partial charge in [0.1, 0.15) is 0 Å². The smallest absolute Gasteiger partial charge is 0.0772 e. The van der Waals surface area contributed by atoms with E-state index in [0.29, 0.717) is 0 Å². The number of anilines is 1. The first kappa shape index (κ1) is 16.5. The maximum atomic E-state index is 9.64. The van der Waals surface area contributed by atoms with Crippen LogP contribution in [0.3, 0.4) is 0 Å². The van der Waals surface area contributed by atoms with Crippen LogP contribution in [0.4, 0.5) is 5.69 Å². The second-order valence-electron chi connectivity index (χ2n) is 5.12. The Balaban J connectivity index is 2.73. The van der Waals surface area contributed by atoms with Crippen LogP contribution in [0.1, 0.15) is 31.9 Å². The highest BCUT2D eigenvalue weighted by atomic mass is 79.9. The minimum Gasteiger partial charge on any atom is -0.389 e.